The molecule has 31 heavy (non-hydrogen) atoms. The predicted octanol–water partition coefficient (Wildman–Crippen LogP) is 5.57. The van der Waals surface area contributed by atoms with Crippen molar-refractivity contribution >= 4 is 12.0 Å². The van der Waals surface area contributed by atoms with Crippen LogP contribution in [0.5, 0.6) is 5.75 Å². The maximum absolute atomic E-state index is 12.6. The summed E-state index contributed by atoms with van der Waals surface area (Å²) in [6.45, 7) is 2.22. The van der Waals surface area contributed by atoms with Gasteiger partial charge in [-0.05, 0) is 48.4 Å². The van der Waals surface area contributed by atoms with E-state index in [2.05, 4.69) is 10.3 Å². The standard InChI is InChI=1S/C24H21F3N2O2/c1-17(22-13-12-21(15-28-22)31-16-19-5-3-2-4-6-19)29-23(30)14-9-18-7-10-20(11-8-18)24(25,26)27/h2-15,17H,16H2,1H3,(H,29,30)/b14-9+/t17-/m1/s1. The van der Waals surface area contributed by atoms with E-state index < -0.39 is 11.7 Å². The Hall–Kier alpha value is -3.61. The molecule has 0 spiro atoms. The molecule has 2 aromatic carbocycles. The first-order chi connectivity index (χ1) is 14.8. The van der Waals surface area contributed by atoms with Gasteiger partial charge in [0.1, 0.15) is 12.4 Å². The van der Waals surface area contributed by atoms with Gasteiger partial charge in [-0.1, -0.05) is 42.5 Å². The summed E-state index contributed by atoms with van der Waals surface area (Å²) in [7, 11) is 0. The van der Waals surface area contributed by atoms with Crippen molar-refractivity contribution < 1.29 is 22.7 Å². The Kier molecular flexibility index (Phi) is 7.07. The van der Waals surface area contributed by atoms with Gasteiger partial charge in [0.05, 0.1) is 23.5 Å². The molecule has 0 aliphatic heterocycles. The molecular weight excluding hydrogens is 405 g/mol. The topological polar surface area (TPSA) is 51.2 Å². The highest BCUT2D eigenvalue weighted by Gasteiger charge is 2.29. The summed E-state index contributed by atoms with van der Waals surface area (Å²) >= 11 is 0. The van der Waals surface area contributed by atoms with Gasteiger partial charge < -0.3 is 10.1 Å². The smallest absolute Gasteiger partial charge is 0.416 e. The van der Waals surface area contributed by atoms with E-state index in [9.17, 15) is 18.0 Å². The summed E-state index contributed by atoms with van der Waals surface area (Å²) in [4.78, 5) is 16.4. The lowest BCUT2D eigenvalue weighted by Gasteiger charge is -2.13. The number of alkyl halides is 3. The molecule has 4 nitrogen and oxygen atoms in total. The first kappa shape index (κ1) is 22.1. The molecule has 0 aliphatic rings. The molecule has 0 fully saturated rings. The molecule has 1 heterocycles. The van der Waals surface area contributed by atoms with Crippen molar-refractivity contribution in [3.63, 3.8) is 0 Å². The zero-order valence-corrected chi connectivity index (χ0v) is 16.8. The molecule has 160 valence electrons. The SMILES string of the molecule is C[C@@H](NC(=O)/C=C/c1ccc(C(F)(F)F)cc1)c1ccc(OCc2ccccc2)cn1. The Bertz CT molecular complexity index is 1020. The van der Waals surface area contributed by atoms with E-state index in [-0.39, 0.29) is 11.9 Å². The van der Waals surface area contributed by atoms with E-state index in [1.807, 2.05) is 30.3 Å². The average molecular weight is 426 g/mol. The third-order valence-corrected chi connectivity index (χ3v) is 4.48. The highest BCUT2D eigenvalue weighted by molar-refractivity contribution is 5.91. The fourth-order valence-corrected chi connectivity index (χ4v) is 2.76. The number of carbonyl (C=O) groups is 1. The Morgan fingerprint density at radius 3 is 2.39 bits per heavy atom. The van der Waals surface area contributed by atoms with Gasteiger partial charge in [0, 0.05) is 6.08 Å². The first-order valence-corrected chi connectivity index (χ1v) is 9.60. The minimum atomic E-state index is -4.38. The van der Waals surface area contributed by atoms with Gasteiger partial charge >= 0.3 is 6.18 Å². The van der Waals surface area contributed by atoms with Gasteiger partial charge in [0.15, 0.2) is 0 Å². The lowest BCUT2D eigenvalue weighted by molar-refractivity contribution is -0.137. The second kappa shape index (κ2) is 9.93. The third-order valence-electron chi connectivity index (χ3n) is 4.48. The van der Waals surface area contributed by atoms with Crippen molar-refractivity contribution in [1.29, 1.82) is 0 Å². The largest absolute Gasteiger partial charge is 0.487 e. The second-order valence-electron chi connectivity index (χ2n) is 6.88. The number of hydrogen-bond donors (Lipinski definition) is 1. The summed E-state index contributed by atoms with van der Waals surface area (Å²) < 4.78 is 43.5. The van der Waals surface area contributed by atoms with Crippen molar-refractivity contribution in [2.75, 3.05) is 0 Å². The second-order valence-corrected chi connectivity index (χ2v) is 6.88. The number of aromatic nitrogens is 1. The maximum atomic E-state index is 12.6. The number of nitrogens with one attached hydrogen (secondary N) is 1. The van der Waals surface area contributed by atoms with Crippen LogP contribution in [-0.2, 0) is 17.6 Å². The molecule has 1 atom stereocenters. The number of rotatable bonds is 7. The average Bonchev–Trinajstić information content (AvgIpc) is 2.77. The van der Waals surface area contributed by atoms with Crippen LogP contribution in [0.25, 0.3) is 6.08 Å². The van der Waals surface area contributed by atoms with Crippen molar-refractivity contribution in [2.45, 2.75) is 25.7 Å². The van der Waals surface area contributed by atoms with Crippen LogP contribution in [0.3, 0.4) is 0 Å². The molecule has 3 aromatic rings. The fraction of sp³-hybridized carbons (Fsp3) is 0.167. The van der Waals surface area contributed by atoms with E-state index >= 15 is 0 Å². The monoisotopic (exact) mass is 426 g/mol. The van der Waals surface area contributed by atoms with Crippen LogP contribution in [0.15, 0.2) is 79.0 Å². The summed E-state index contributed by atoms with van der Waals surface area (Å²) in [6.07, 6.45) is -0.0598. The molecule has 0 saturated heterocycles. The normalized spacial score (nSPS) is 12.5. The van der Waals surface area contributed by atoms with Crippen LogP contribution in [0, 0.1) is 0 Å². The number of nitrogens with zero attached hydrogens (tertiary/aromatic N) is 1. The molecule has 1 amide bonds. The predicted molar refractivity (Wildman–Crippen MR) is 112 cm³/mol. The van der Waals surface area contributed by atoms with Crippen LogP contribution in [0.2, 0.25) is 0 Å². The molecule has 1 N–H and O–H groups in total. The van der Waals surface area contributed by atoms with Crippen LogP contribution in [0.4, 0.5) is 13.2 Å². The van der Waals surface area contributed by atoms with Crippen molar-refractivity contribution in [3.05, 3.63) is 101 Å². The molecular formula is C24H21F3N2O2. The first-order valence-electron chi connectivity index (χ1n) is 9.60. The molecule has 0 bridgehead atoms. The number of ether oxygens (including phenoxy) is 1. The van der Waals surface area contributed by atoms with Gasteiger partial charge in [-0.3, -0.25) is 9.78 Å². The number of pyridine rings is 1. The van der Waals surface area contributed by atoms with Crippen LogP contribution >= 0.6 is 0 Å². The Labute approximate surface area is 178 Å². The van der Waals surface area contributed by atoms with E-state index in [0.717, 1.165) is 17.7 Å². The maximum Gasteiger partial charge on any atom is 0.416 e. The van der Waals surface area contributed by atoms with E-state index in [1.54, 1.807) is 25.3 Å². The Balaban J connectivity index is 1.51. The van der Waals surface area contributed by atoms with Crippen molar-refractivity contribution in [1.82, 2.24) is 10.3 Å². The number of halogens is 3. The Morgan fingerprint density at radius 1 is 1.06 bits per heavy atom. The molecule has 1 aromatic heterocycles. The minimum absolute atomic E-state index is 0.354. The van der Waals surface area contributed by atoms with Gasteiger partial charge in [0.2, 0.25) is 5.91 Å². The zero-order chi connectivity index (χ0) is 22.3. The van der Waals surface area contributed by atoms with Crippen molar-refractivity contribution in [2.24, 2.45) is 0 Å². The molecule has 0 aliphatic carbocycles. The zero-order valence-electron chi connectivity index (χ0n) is 16.8. The van der Waals surface area contributed by atoms with Crippen LogP contribution in [0.1, 0.15) is 35.3 Å². The molecule has 3 rings (SSSR count). The highest BCUT2D eigenvalue weighted by atomic mass is 19.4. The highest BCUT2D eigenvalue weighted by Crippen LogP contribution is 2.29. The van der Waals surface area contributed by atoms with Crippen molar-refractivity contribution in [3.8, 4) is 5.75 Å². The molecule has 0 radical (unpaired) electrons. The number of benzene rings is 2. The number of hydrogen-bond acceptors (Lipinski definition) is 3. The van der Waals surface area contributed by atoms with Crippen LogP contribution in [-0.4, -0.2) is 10.9 Å². The van der Waals surface area contributed by atoms with Gasteiger partial charge in [-0.25, -0.2) is 0 Å². The number of amides is 1. The molecule has 0 saturated carbocycles. The summed E-state index contributed by atoms with van der Waals surface area (Å²) in [6, 6.07) is 17.5. The van der Waals surface area contributed by atoms with Gasteiger partial charge in [-0.15, -0.1) is 0 Å². The quantitative estimate of drug-likeness (QED) is 0.503. The van der Waals surface area contributed by atoms with E-state index in [1.165, 1.54) is 24.3 Å². The minimum Gasteiger partial charge on any atom is -0.487 e. The molecule has 7 heteroatoms. The fourth-order valence-electron chi connectivity index (χ4n) is 2.76. The van der Waals surface area contributed by atoms with Gasteiger partial charge in [-0.2, -0.15) is 13.2 Å². The number of carbonyl (C=O) groups excluding carboxylic acids is 1. The Morgan fingerprint density at radius 2 is 1.77 bits per heavy atom. The lowest BCUT2D eigenvalue weighted by Crippen LogP contribution is -2.25. The summed E-state index contributed by atoms with van der Waals surface area (Å²) in [5.74, 6) is 0.243. The summed E-state index contributed by atoms with van der Waals surface area (Å²) in [5.41, 5.74) is 1.47. The third kappa shape index (κ3) is 6.70. The summed E-state index contributed by atoms with van der Waals surface area (Å²) in [5, 5.41) is 2.77. The van der Waals surface area contributed by atoms with E-state index in [4.69, 9.17) is 4.74 Å². The van der Waals surface area contributed by atoms with E-state index in [0.29, 0.717) is 23.6 Å². The van der Waals surface area contributed by atoms with Gasteiger partial charge in [0.25, 0.3) is 0 Å². The lowest BCUT2D eigenvalue weighted by atomic mass is 10.1. The molecule has 0 unspecified atom stereocenters. The van der Waals surface area contributed by atoms with Crippen LogP contribution < -0.4 is 10.1 Å².